The van der Waals surface area contributed by atoms with Crippen molar-refractivity contribution in [1.29, 1.82) is 21.0 Å². The van der Waals surface area contributed by atoms with Crippen molar-refractivity contribution in [1.82, 2.24) is 70.5 Å². The molecule has 13 aromatic rings. The Hall–Kier alpha value is -9.63. The predicted molar refractivity (Wildman–Crippen MR) is 382 cm³/mol. The number of nitrogens with one attached hydrogen (secondary N) is 2. The molecular formula is C63H63BrClN21O3S5. The molecule has 11 heterocycles. The highest BCUT2D eigenvalue weighted by molar-refractivity contribution is 9.10. The Morgan fingerprint density at radius 2 is 0.957 bits per heavy atom. The van der Waals surface area contributed by atoms with Crippen molar-refractivity contribution in [3.8, 4) is 41.5 Å². The van der Waals surface area contributed by atoms with Crippen molar-refractivity contribution in [2.45, 2.75) is 75.8 Å². The van der Waals surface area contributed by atoms with E-state index in [0.717, 1.165) is 140 Å². The maximum absolute atomic E-state index is 8.86. The highest BCUT2D eigenvalue weighted by Gasteiger charge is 2.21. The highest BCUT2D eigenvalue weighted by atomic mass is 79.9. The number of hydrogen-bond acceptors (Lipinski definition) is 26. The molecule has 0 radical (unpaired) electrons. The molecule has 0 unspecified atom stereocenters. The number of anilines is 3. The molecule has 0 spiro atoms. The van der Waals surface area contributed by atoms with Crippen molar-refractivity contribution >= 4 is 164 Å². The van der Waals surface area contributed by atoms with Gasteiger partial charge in [0.1, 0.15) is 75.1 Å². The number of nitrogens with two attached hydrogens (primary N) is 2. The topological polar surface area (TPSA) is 354 Å². The van der Waals surface area contributed by atoms with Gasteiger partial charge in [0, 0.05) is 42.2 Å². The van der Waals surface area contributed by atoms with Gasteiger partial charge in [-0.05, 0) is 155 Å². The minimum atomic E-state index is 0.0972. The SMILES string of the molecule is COc1ccc(CNc2nn(C)c3c2sc2nnc(C)c(C)c23)cc1.COc1ccc(OC)cc1.Cc1n[nH]c(=S)c(C#N)c1C.Cc1nnc2sc(C#N)c(Br)c2c1C.Cc1nnc2sc(C#N)c(N)c2c1C.Cc1nnc2sc3c(N)nn(C)c3c2c1C.N#CCCl. The van der Waals surface area contributed by atoms with Crippen molar-refractivity contribution in [2.75, 3.05) is 44.0 Å². The number of ether oxygens (including phenoxy) is 3. The third-order valence-electron chi connectivity index (χ3n) is 14.7. The zero-order chi connectivity index (χ0) is 68.8. The summed E-state index contributed by atoms with van der Waals surface area (Å²) in [6, 6.07) is 23.4. The van der Waals surface area contributed by atoms with E-state index in [4.69, 9.17) is 70.5 Å². The van der Waals surface area contributed by atoms with E-state index in [9.17, 15) is 0 Å². The molecule has 6 N–H and O–H groups in total. The largest absolute Gasteiger partial charge is 0.497 e. The molecular weight excluding hydrogens is 1370 g/mol. The van der Waals surface area contributed by atoms with Gasteiger partial charge >= 0.3 is 0 Å². The number of nitriles is 4. The maximum Gasteiger partial charge on any atom is 0.166 e. The minimum Gasteiger partial charge on any atom is -0.497 e. The molecule has 31 heteroatoms. The Morgan fingerprint density at radius 1 is 0.553 bits per heavy atom. The van der Waals surface area contributed by atoms with Crippen LogP contribution in [-0.4, -0.2) is 97.8 Å². The number of halogens is 2. The molecule has 0 fully saturated rings. The Bertz CT molecular complexity index is 5020. The van der Waals surface area contributed by atoms with E-state index in [-0.39, 0.29) is 5.88 Å². The fourth-order valence-corrected chi connectivity index (χ4v) is 14.2. The van der Waals surface area contributed by atoms with E-state index in [1.165, 1.54) is 33.8 Å². The first-order valence-corrected chi connectivity index (χ1v) is 33.0. The zero-order valence-corrected chi connectivity index (χ0v) is 60.2. The van der Waals surface area contributed by atoms with E-state index in [0.29, 0.717) is 38.0 Å². The molecule has 0 aliphatic rings. The van der Waals surface area contributed by atoms with Crippen LogP contribution in [0.25, 0.3) is 61.3 Å². The molecule has 0 aliphatic carbocycles. The molecule has 482 valence electrons. The van der Waals surface area contributed by atoms with Crippen LogP contribution in [0.2, 0.25) is 0 Å². The number of hydrogen-bond donors (Lipinski definition) is 4. The van der Waals surface area contributed by atoms with Gasteiger partial charge in [0.25, 0.3) is 0 Å². The third kappa shape index (κ3) is 15.9. The number of fused-ring (bicyclic) bond motifs is 8. The molecule has 2 aromatic carbocycles. The lowest BCUT2D eigenvalue weighted by Gasteiger charge is -2.05. The molecule has 0 atom stereocenters. The predicted octanol–water partition coefficient (Wildman–Crippen LogP) is 14.4. The number of nitrogen functional groups attached to an aromatic ring is 2. The van der Waals surface area contributed by atoms with Crippen LogP contribution in [0.5, 0.6) is 17.2 Å². The van der Waals surface area contributed by atoms with Gasteiger partial charge in [0.2, 0.25) is 0 Å². The fourth-order valence-electron chi connectivity index (χ4n) is 8.93. The lowest BCUT2D eigenvalue weighted by Crippen LogP contribution is -2.01. The van der Waals surface area contributed by atoms with Crippen LogP contribution >= 0.6 is 85.1 Å². The second-order valence-corrected chi connectivity index (χ2v) is 25.8. The summed E-state index contributed by atoms with van der Waals surface area (Å²) in [6.45, 7) is 20.2. The van der Waals surface area contributed by atoms with Gasteiger partial charge in [0.05, 0.1) is 92.0 Å². The smallest absolute Gasteiger partial charge is 0.166 e. The van der Waals surface area contributed by atoms with Crippen LogP contribution in [0.1, 0.15) is 77.2 Å². The van der Waals surface area contributed by atoms with Crippen LogP contribution in [0.3, 0.4) is 0 Å². The number of nitrogens with zero attached hydrogens (tertiary/aromatic N) is 17. The second kappa shape index (κ2) is 32.3. The standard InChI is InChI=1S/C18H19N5OS.C10H11N5S.C9H6BrN3S.C9H8N4S.C8H10O2.C7H7N3S.C2H2ClN/c1-10-11(2)20-21-18-14(10)15-16(25-18)17(22-23(15)3)19-9-12-5-7-13(24-4)8-6-12;1-4-5(2)12-13-10-6(4)7-8(16-10)9(11)14-15(7)3;1-4-5(2)12-13-9-7(4)8(10)6(3-11)14-9;1-4-5(2)12-13-9-7(4)8(11)6(3-10)14-9;1-9-7-3-5-8(10-2)6-4-7;1-4-5(2)9-10-7(11)6(4)3-8;3-1-2-4/h5-8H,9H2,1-4H3,(H,19,22);1-3H3,(H2,11,14);1-2H3;11H2,1-2H3;3-6H,1-2H3;1-2H3,(H,10,11);1H2. The summed E-state index contributed by atoms with van der Waals surface area (Å²) in [5.41, 5.74) is 25.9. The summed E-state index contributed by atoms with van der Waals surface area (Å²) >= 11 is 18.9. The van der Waals surface area contributed by atoms with Gasteiger partial charge in [-0.2, -0.15) is 56.7 Å². The summed E-state index contributed by atoms with van der Waals surface area (Å²) in [5.74, 6) is 4.10. The van der Waals surface area contributed by atoms with Gasteiger partial charge in [-0.25, -0.2) is 0 Å². The van der Waals surface area contributed by atoms with Crippen molar-refractivity contribution in [3.05, 3.63) is 135 Å². The van der Waals surface area contributed by atoms with Crippen molar-refractivity contribution < 1.29 is 14.2 Å². The average Bonchev–Trinajstić information content (AvgIpc) is 1.60. The number of rotatable bonds is 6. The number of aromatic nitrogens is 14. The van der Waals surface area contributed by atoms with Crippen molar-refractivity contribution in [2.24, 2.45) is 14.1 Å². The summed E-state index contributed by atoms with van der Waals surface area (Å²) in [4.78, 5) is 4.61. The van der Waals surface area contributed by atoms with E-state index in [1.807, 2.05) is 121 Å². The molecule has 94 heavy (non-hydrogen) atoms. The maximum atomic E-state index is 8.86. The number of benzene rings is 2. The first kappa shape index (κ1) is 71.8. The summed E-state index contributed by atoms with van der Waals surface area (Å²) < 4.78 is 22.2. The van der Waals surface area contributed by atoms with Gasteiger partial charge in [-0.15, -0.1) is 77.3 Å². The van der Waals surface area contributed by atoms with Gasteiger partial charge < -0.3 is 31.0 Å². The van der Waals surface area contributed by atoms with Crippen LogP contribution < -0.4 is 31.0 Å². The monoisotopic (exact) mass is 1440 g/mol. The molecule has 11 aromatic heterocycles. The lowest BCUT2D eigenvalue weighted by molar-refractivity contribution is 0.403. The van der Waals surface area contributed by atoms with E-state index < -0.39 is 0 Å². The fraction of sp³-hybridized carbons (Fsp3) is 0.270. The quantitative estimate of drug-likeness (QED) is 0.0887. The van der Waals surface area contributed by atoms with Gasteiger partial charge in [-0.3, -0.25) is 14.5 Å². The highest BCUT2D eigenvalue weighted by Crippen LogP contribution is 2.41. The number of aromatic amines is 1. The van der Waals surface area contributed by atoms with Gasteiger partial charge in [0.15, 0.2) is 11.6 Å². The number of methoxy groups -OCH3 is 3. The number of thiophene rings is 4. The summed E-state index contributed by atoms with van der Waals surface area (Å²) in [6.07, 6.45) is 0. The molecule has 0 bridgehead atoms. The van der Waals surface area contributed by atoms with E-state index in [1.54, 1.807) is 50.1 Å². The molecule has 0 amide bonds. The number of alkyl halides is 1. The normalized spacial score (nSPS) is 10.4. The lowest BCUT2D eigenvalue weighted by atomic mass is 10.1. The molecule has 0 aliphatic heterocycles. The number of aryl methyl sites for hydroxylation is 11. The number of H-pyrrole nitrogens is 1. The van der Waals surface area contributed by atoms with E-state index in [2.05, 4.69) is 121 Å². The minimum absolute atomic E-state index is 0.0972. The van der Waals surface area contributed by atoms with E-state index >= 15 is 0 Å². The third-order valence-corrected chi connectivity index (χ3v) is 20.3. The zero-order valence-electron chi connectivity index (χ0n) is 53.8. The first-order chi connectivity index (χ1) is 44.9. The van der Waals surface area contributed by atoms with Gasteiger partial charge in [-0.1, -0.05) is 24.4 Å². The molecule has 0 saturated carbocycles. The summed E-state index contributed by atoms with van der Waals surface area (Å²) in [7, 11) is 8.83. The summed E-state index contributed by atoms with van der Waals surface area (Å²) in [5, 5.41) is 89.9. The molecule has 24 nitrogen and oxygen atoms in total. The van der Waals surface area contributed by atoms with Crippen LogP contribution in [-0.2, 0) is 20.6 Å². The Morgan fingerprint density at radius 3 is 1.40 bits per heavy atom. The Labute approximate surface area is 575 Å². The van der Waals surface area contributed by atoms with Crippen LogP contribution in [0.15, 0.2) is 53.0 Å². The first-order valence-electron chi connectivity index (χ1n) is 28.0. The Kier molecular flexibility index (Phi) is 24.7. The second-order valence-electron chi connectivity index (χ2n) is 20.3. The average molecular weight is 1440 g/mol. The Balaban J connectivity index is 0.000000162. The van der Waals surface area contributed by atoms with Crippen LogP contribution in [0, 0.1) is 119 Å². The molecule has 13 rings (SSSR count). The van der Waals surface area contributed by atoms with Crippen molar-refractivity contribution in [3.63, 3.8) is 0 Å². The van der Waals surface area contributed by atoms with Crippen LogP contribution in [0.4, 0.5) is 17.3 Å². The molecule has 0 saturated heterocycles.